The van der Waals surface area contributed by atoms with Crippen LogP contribution in [0.5, 0.6) is 0 Å². The van der Waals surface area contributed by atoms with Gasteiger partial charge in [-0.1, -0.05) is 0 Å². The minimum Gasteiger partial charge on any atom is -0.335 e. The van der Waals surface area contributed by atoms with Gasteiger partial charge >= 0.3 is 0 Å². The van der Waals surface area contributed by atoms with Crippen molar-refractivity contribution in [2.24, 2.45) is 0 Å². The van der Waals surface area contributed by atoms with Crippen molar-refractivity contribution in [2.45, 2.75) is 52.1 Å². The van der Waals surface area contributed by atoms with Crippen molar-refractivity contribution in [1.82, 2.24) is 28.8 Å². The monoisotopic (exact) mass is 352 g/mol. The van der Waals surface area contributed by atoms with E-state index in [-0.39, 0.29) is 11.9 Å². The van der Waals surface area contributed by atoms with Gasteiger partial charge in [-0.25, -0.2) is 15.0 Å². The average Bonchev–Trinajstić information content (AvgIpc) is 3.21. The van der Waals surface area contributed by atoms with Crippen LogP contribution < -0.4 is 0 Å². The Balaban J connectivity index is 1.58. The van der Waals surface area contributed by atoms with Gasteiger partial charge in [0.05, 0.1) is 5.69 Å². The van der Waals surface area contributed by atoms with E-state index in [1.165, 1.54) is 6.42 Å². The van der Waals surface area contributed by atoms with Gasteiger partial charge in [0.1, 0.15) is 11.5 Å². The number of imidazole rings is 2. The first-order chi connectivity index (χ1) is 12.6. The van der Waals surface area contributed by atoms with E-state index in [4.69, 9.17) is 0 Å². The molecule has 3 aromatic rings. The van der Waals surface area contributed by atoms with Crippen LogP contribution in [0.3, 0.4) is 0 Å². The van der Waals surface area contributed by atoms with Crippen molar-refractivity contribution in [3.05, 3.63) is 48.1 Å². The molecular formula is C19H24N6O. The third-order valence-corrected chi connectivity index (χ3v) is 5.30. The summed E-state index contributed by atoms with van der Waals surface area (Å²) in [6.07, 6.45) is 11.6. The molecule has 0 saturated carbocycles. The number of rotatable bonds is 4. The van der Waals surface area contributed by atoms with Gasteiger partial charge in [0.2, 0.25) is 5.78 Å². The van der Waals surface area contributed by atoms with Crippen LogP contribution in [-0.4, -0.2) is 47.3 Å². The predicted molar refractivity (Wildman–Crippen MR) is 98.0 cm³/mol. The van der Waals surface area contributed by atoms with E-state index >= 15 is 0 Å². The number of amides is 1. The van der Waals surface area contributed by atoms with Gasteiger partial charge in [-0.05, 0) is 45.6 Å². The maximum atomic E-state index is 13.4. The van der Waals surface area contributed by atoms with Crippen molar-refractivity contribution in [3.63, 3.8) is 0 Å². The maximum Gasteiger partial charge on any atom is 0.273 e. The molecular weight excluding hydrogens is 328 g/mol. The minimum absolute atomic E-state index is 0.0649. The van der Waals surface area contributed by atoms with Gasteiger partial charge in [0.25, 0.3) is 5.91 Å². The molecule has 0 unspecified atom stereocenters. The van der Waals surface area contributed by atoms with E-state index in [1.54, 1.807) is 6.20 Å². The first-order valence-corrected chi connectivity index (χ1v) is 9.23. The number of hydrogen-bond donors (Lipinski definition) is 0. The highest BCUT2D eigenvalue weighted by Gasteiger charge is 2.30. The summed E-state index contributed by atoms with van der Waals surface area (Å²) in [6.45, 7) is 5.58. The Bertz CT molecular complexity index is 927. The fraction of sp³-hybridized carbons (Fsp3) is 0.474. The van der Waals surface area contributed by atoms with Gasteiger partial charge in [-0.3, -0.25) is 9.20 Å². The number of fused-ring (bicyclic) bond motifs is 1. The summed E-state index contributed by atoms with van der Waals surface area (Å²) in [5.74, 6) is 1.66. The number of nitrogens with zero attached hydrogens (tertiary/aromatic N) is 6. The van der Waals surface area contributed by atoms with E-state index in [0.29, 0.717) is 11.5 Å². The molecule has 0 bridgehead atoms. The van der Waals surface area contributed by atoms with Gasteiger partial charge in [-0.2, -0.15) is 0 Å². The molecule has 7 nitrogen and oxygen atoms in total. The zero-order valence-corrected chi connectivity index (χ0v) is 15.3. The number of carbonyl (C=O) groups excluding carboxylic acids is 1. The SMILES string of the molecule is Cc1nc2ncccn2c1C(=O)N1CCCC[C@@H]1CCn1ccnc1C. The highest BCUT2D eigenvalue weighted by atomic mass is 16.2. The molecule has 7 heteroatoms. The van der Waals surface area contributed by atoms with Crippen LogP contribution in [0.4, 0.5) is 0 Å². The largest absolute Gasteiger partial charge is 0.335 e. The lowest BCUT2D eigenvalue weighted by molar-refractivity contribution is 0.0587. The molecule has 4 heterocycles. The molecule has 1 fully saturated rings. The molecule has 0 radical (unpaired) electrons. The Morgan fingerprint density at radius 3 is 2.88 bits per heavy atom. The predicted octanol–water partition coefficient (Wildman–Crippen LogP) is 2.63. The molecule has 3 aromatic heterocycles. The zero-order valence-electron chi connectivity index (χ0n) is 15.3. The second-order valence-electron chi connectivity index (χ2n) is 6.94. The van der Waals surface area contributed by atoms with Crippen molar-refractivity contribution >= 4 is 11.7 Å². The quantitative estimate of drug-likeness (QED) is 0.724. The number of aryl methyl sites for hydroxylation is 3. The topological polar surface area (TPSA) is 68.3 Å². The maximum absolute atomic E-state index is 13.4. The molecule has 136 valence electrons. The molecule has 26 heavy (non-hydrogen) atoms. The van der Waals surface area contributed by atoms with Crippen molar-refractivity contribution in [2.75, 3.05) is 6.54 Å². The summed E-state index contributed by atoms with van der Waals surface area (Å²) in [7, 11) is 0. The molecule has 1 amide bonds. The lowest BCUT2D eigenvalue weighted by Crippen LogP contribution is -2.44. The van der Waals surface area contributed by atoms with Crippen molar-refractivity contribution in [1.29, 1.82) is 0 Å². The first kappa shape index (κ1) is 16.8. The number of hydrogen-bond acceptors (Lipinski definition) is 4. The Morgan fingerprint density at radius 2 is 2.08 bits per heavy atom. The van der Waals surface area contributed by atoms with Crippen LogP contribution in [-0.2, 0) is 6.54 Å². The highest BCUT2D eigenvalue weighted by Crippen LogP contribution is 2.24. The number of piperidine rings is 1. The van der Waals surface area contributed by atoms with Crippen LogP contribution >= 0.6 is 0 Å². The lowest BCUT2D eigenvalue weighted by atomic mass is 9.98. The summed E-state index contributed by atoms with van der Waals surface area (Å²) in [4.78, 5) is 28.4. The minimum atomic E-state index is 0.0649. The average molecular weight is 352 g/mol. The van der Waals surface area contributed by atoms with Crippen LogP contribution in [0.1, 0.15) is 47.7 Å². The van der Waals surface area contributed by atoms with Gasteiger partial charge < -0.3 is 9.47 Å². The molecule has 0 aliphatic carbocycles. The summed E-state index contributed by atoms with van der Waals surface area (Å²) in [5, 5.41) is 0. The van der Waals surface area contributed by atoms with Crippen molar-refractivity contribution in [3.8, 4) is 0 Å². The Kier molecular flexibility index (Phi) is 4.44. The number of carbonyl (C=O) groups is 1. The fourth-order valence-electron chi connectivity index (χ4n) is 3.89. The van der Waals surface area contributed by atoms with Crippen molar-refractivity contribution < 1.29 is 4.79 Å². The first-order valence-electron chi connectivity index (χ1n) is 9.23. The van der Waals surface area contributed by atoms with E-state index < -0.39 is 0 Å². The number of aromatic nitrogens is 5. The number of likely N-dealkylation sites (tertiary alicyclic amines) is 1. The van der Waals surface area contributed by atoms with E-state index in [2.05, 4.69) is 19.5 Å². The summed E-state index contributed by atoms with van der Waals surface area (Å²) in [5.41, 5.74) is 1.38. The summed E-state index contributed by atoms with van der Waals surface area (Å²) < 4.78 is 3.96. The molecule has 1 atom stereocenters. The molecule has 1 aliphatic heterocycles. The molecule has 1 saturated heterocycles. The Morgan fingerprint density at radius 1 is 1.19 bits per heavy atom. The standard InChI is InChI=1S/C19H24N6O/c1-14-17(25-11-5-8-21-19(25)22-14)18(26)24-10-4-3-6-16(24)7-12-23-13-9-20-15(23)2/h5,8-9,11,13,16H,3-4,6-7,10,12H2,1-2H3/t16-/m1/s1. The molecule has 1 aliphatic rings. The third kappa shape index (κ3) is 2.98. The third-order valence-electron chi connectivity index (χ3n) is 5.30. The summed E-state index contributed by atoms with van der Waals surface area (Å²) in [6, 6.07) is 2.08. The molecule has 0 N–H and O–H groups in total. The smallest absolute Gasteiger partial charge is 0.273 e. The highest BCUT2D eigenvalue weighted by molar-refractivity contribution is 5.94. The van der Waals surface area contributed by atoms with Gasteiger partial charge in [0.15, 0.2) is 0 Å². The van der Waals surface area contributed by atoms with Gasteiger partial charge in [-0.15, -0.1) is 0 Å². The van der Waals surface area contributed by atoms with E-state index in [0.717, 1.165) is 43.9 Å². The van der Waals surface area contributed by atoms with Crippen LogP contribution in [0.15, 0.2) is 30.9 Å². The molecule has 0 spiro atoms. The second-order valence-corrected chi connectivity index (χ2v) is 6.94. The van der Waals surface area contributed by atoms with E-state index in [9.17, 15) is 4.79 Å². The van der Waals surface area contributed by atoms with Gasteiger partial charge in [0, 0.05) is 43.9 Å². The van der Waals surface area contributed by atoms with Crippen LogP contribution in [0, 0.1) is 13.8 Å². The normalized spacial score (nSPS) is 17.8. The zero-order chi connectivity index (χ0) is 18.1. The van der Waals surface area contributed by atoms with Crippen LogP contribution in [0.25, 0.3) is 5.78 Å². The molecule has 0 aromatic carbocycles. The second kappa shape index (κ2) is 6.90. The summed E-state index contributed by atoms with van der Waals surface area (Å²) >= 11 is 0. The lowest BCUT2D eigenvalue weighted by Gasteiger charge is -2.36. The molecule has 4 rings (SSSR count). The Hall–Kier alpha value is -2.70. The van der Waals surface area contributed by atoms with E-state index in [1.807, 2.05) is 47.8 Å². The van der Waals surface area contributed by atoms with Crippen LogP contribution in [0.2, 0.25) is 0 Å². The fourth-order valence-corrected chi connectivity index (χ4v) is 3.89. The Labute approximate surface area is 152 Å².